The Hall–Kier alpha value is -3.93. The Kier molecular flexibility index (Phi) is 65.2. The molecule has 0 aromatic rings. The summed E-state index contributed by atoms with van der Waals surface area (Å²) in [5.74, 6) is -0.882. The van der Waals surface area contributed by atoms with Gasteiger partial charge < -0.3 is 14.2 Å². The lowest BCUT2D eigenvalue weighted by Crippen LogP contribution is -2.30. The molecule has 0 N–H and O–H groups in total. The lowest BCUT2D eigenvalue weighted by atomic mass is 10.0. The normalized spacial score (nSPS) is 12.8. The monoisotopic (exact) mass is 1120 g/mol. The lowest BCUT2D eigenvalue weighted by Gasteiger charge is -2.18. The van der Waals surface area contributed by atoms with Crippen LogP contribution < -0.4 is 0 Å². The second kappa shape index (κ2) is 68.6. The number of rotatable bonds is 62. The molecule has 464 valence electrons. The van der Waals surface area contributed by atoms with Gasteiger partial charge in [-0.25, -0.2) is 0 Å². The van der Waals surface area contributed by atoms with Gasteiger partial charge in [0.25, 0.3) is 0 Å². The molecule has 0 aliphatic heterocycles. The molecule has 0 aromatic heterocycles. The van der Waals surface area contributed by atoms with Crippen LogP contribution in [0.5, 0.6) is 0 Å². The zero-order valence-corrected chi connectivity index (χ0v) is 53.3. The van der Waals surface area contributed by atoms with E-state index in [1.807, 2.05) is 0 Å². The quantitative estimate of drug-likeness (QED) is 0.0261. The average molecular weight is 1130 g/mol. The molecule has 1 unspecified atom stereocenters. The van der Waals surface area contributed by atoms with Crippen molar-refractivity contribution in [2.45, 2.75) is 335 Å². The maximum Gasteiger partial charge on any atom is 0.306 e. The van der Waals surface area contributed by atoms with Gasteiger partial charge in [0.1, 0.15) is 13.2 Å². The number of carbonyl (C=O) groups is 3. The first-order chi connectivity index (χ1) is 40.0. The fraction of sp³-hybridized carbons (Fsp3) is 0.720. The van der Waals surface area contributed by atoms with Crippen LogP contribution in [0.15, 0.2) is 109 Å². The number of unbranched alkanes of at least 4 members (excludes halogenated alkanes) is 33. The maximum atomic E-state index is 12.9. The summed E-state index contributed by atoms with van der Waals surface area (Å²) in [6.07, 6.45) is 94.0. The third-order valence-corrected chi connectivity index (χ3v) is 14.8. The van der Waals surface area contributed by atoms with Crippen molar-refractivity contribution in [3.8, 4) is 0 Å². The van der Waals surface area contributed by atoms with Crippen molar-refractivity contribution in [2.24, 2.45) is 0 Å². The third-order valence-electron chi connectivity index (χ3n) is 14.8. The topological polar surface area (TPSA) is 78.9 Å². The molecule has 6 heteroatoms. The van der Waals surface area contributed by atoms with Gasteiger partial charge in [-0.1, -0.05) is 310 Å². The highest BCUT2D eigenvalue weighted by atomic mass is 16.6. The highest BCUT2D eigenvalue weighted by Crippen LogP contribution is 2.17. The number of hydrogen-bond acceptors (Lipinski definition) is 6. The zero-order chi connectivity index (χ0) is 58.5. The fourth-order valence-corrected chi connectivity index (χ4v) is 9.63. The number of ether oxygens (including phenoxy) is 3. The van der Waals surface area contributed by atoms with Crippen LogP contribution in [0.4, 0.5) is 0 Å². The van der Waals surface area contributed by atoms with Crippen molar-refractivity contribution < 1.29 is 28.6 Å². The second-order valence-electron chi connectivity index (χ2n) is 22.7. The first-order valence-electron chi connectivity index (χ1n) is 34.4. The summed E-state index contributed by atoms with van der Waals surface area (Å²) in [4.78, 5) is 38.3. The molecule has 0 aliphatic rings. The van der Waals surface area contributed by atoms with Crippen LogP contribution in [-0.2, 0) is 28.6 Å². The van der Waals surface area contributed by atoms with Crippen LogP contribution in [-0.4, -0.2) is 37.2 Å². The highest BCUT2D eigenvalue weighted by molar-refractivity contribution is 5.71. The van der Waals surface area contributed by atoms with Gasteiger partial charge in [0.05, 0.1) is 0 Å². The molecule has 0 saturated carbocycles. The molecule has 81 heavy (non-hydrogen) atoms. The second-order valence-corrected chi connectivity index (χ2v) is 22.7. The van der Waals surface area contributed by atoms with E-state index >= 15 is 0 Å². The molecule has 6 nitrogen and oxygen atoms in total. The van der Waals surface area contributed by atoms with Gasteiger partial charge in [-0.15, -0.1) is 0 Å². The third kappa shape index (κ3) is 66.8. The van der Waals surface area contributed by atoms with Crippen molar-refractivity contribution in [3.05, 3.63) is 109 Å². The van der Waals surface area contributed by atoms with Gasteiger partial charge in [0.2, 0.25) is 0 Å². The summed E-state index contributed by atoms with van der Waals surface area (Å²) in [6, 6.07) is 0. The molecule has 0 spiro atoms. The van der Waals surface area contributed by atoms with E-state index in [4.69, 9.17) is 14.2 Å². The summed E-state index contributed by atoms with van der Waals surface area (Å²) in [7, 11) is 0. The van der Waals surface area contributed by atoms with E-state index in [-0.39, 0.29) is 31.1 Å². The van der Waals surface area contributed by atoms with Crippen LogP contribution in [0.25, 0.3) is 0 Å². The minimum absolute atomic E-state index is 0.0799. The molecule has 0 rings (SSSR count). The Morgan fingerprint density at radius 3 is 0.778 bits per heavy atom. The summed E-state index contributed by atoms with van der Waals surface area (Å²) in [5, 5.41) is 0. The van der Waals surface area contributed by atoms with E-state index in [2.05, 4.69) is 130 Å². The molecule has 0 radical (unpaired) electrons. The zero-order valence-electron chi connectivity index (χ0n) is 53.3. The molecular formula is C75H128O6. The lowest BCUT2D eigenvalue weighted by molar-refractivity contribution is -0.167. The molecule has 0 amide bonds. The molecule has 1 atom stereocenters. The Balaban J connectivity index is 4.19. The molecule has 0 aliphatic carbocycles. The Morgan fingerprint density at radius 1 is 0.259 bits per heavy atom. The largest absolute Gasteiger partial charge is 0.462 e. The van der Waals surface area contributed by atoms with Gasteiger partial charge >= 0.3 is 17.9 Å². The summed E-state index contributed by atoms with van der Waals surface area (Å²) in [6.45, 7) is 6.51. The molecule has 0 saturated heterocycles. The van der Waals surface area contributed by atoms with Gasteiger partial charge in [-0.2, -0.15) is 0 Å². The van der Waals surface area contributed by atoms with E-state index in [0.717, 1.165) is 122 Å². The van der Waals surface area contributed by atoms with Gasteiger partial charge in [-0.3, -0.25) is 14.4 Å². The van der Waals surface area contributed by atoms with E-state index in [0.29, 0.717) is 19.3 Å². The number of hydrogen-bond donors (Lipinski definition) is 0. The van der Waals surface area contributed by atoms with Crippen LogP contribution in [0, 0.1) is 0 Å². The molecule has 0 fully saturated rings. The first kappa shape index (κ1) is 77.1. The Bertz CT molecular complexity index is 1620. The van der Waals surface area contributed by atoms with Crippen LogP contribution in [0.3, 0.4) is 0 Å². The van der Waals surface area contributed by atoms with Crippen LogP contribution >= 0.6 is 0 Å². The predicted molar refractivity (Wildman–Crippen MR) is 353 cm³/mol. The van der Waals surface area contributed by atoms with E-state index in [1.54, 1.807) is 0 Å². The minimum Gasteiger partial charge on any atom is -0.462 e. The highest BCUT2D eigenvalue weighted by Gasteiger charge is 2.19. The van der Waals surface area contributed by atoms with Crippen LogP contribution in [0.2, 0.25) is 0 Å². The van der Waals surface area contributed by atoms with Crippen molar-refractivity contribution >= 4 is 17.9 Å². The summed E-state index contributed by atoms with van der Waals surface area (Å²) >= 11 is 0. The standard InChI is InChI=1S/C75H128O6/c1-4-7-10-13-16-19-22-24-26-28-30-31-32-33-34-35-36-37-38-39-40-41-42-43-45-46-48-50-53-56-59-62-65-68-74(77)80-71-72(70-79-73(76)67-64-61-58-55-52-21-18-15-12-9-6-3)81-75(78)69-66-63-60-57-54-51-49-47-44-29-27-25-23-20-17-14-11-8-5-2/h7,10,16-17,19-20,24-27,30-31,33-34,36-37,44,47,72H,4-6,8-9,11-15,18,21-23,28-29,32,35,38-43,45-46,48-71H2,1-3H3/b10-7-,19-16-,20-17-,26-24-,27-25-,31-30-,34-33-,37-36-,47-44-. The fourth-order valence-electron chi connectivity index (χ4n) is 9.63. The van der Waals surface area contributed by atoms with E-state index in [1.165, 1.54) is 167 Å². The van der Waals surface area contributed by atoms with Gasteiger partial charge in [0.15, 0.2) is 6.10 Å². The smallest absolute Gasteiger partial charge is 0.306 e. The molecule has 0 heterocycles. The number of carbonyl (C=O) groups excluding carboxylic acids is 3. The average Bonchev–Trinajstić information content (AvgIpc) is 3.47. The van der Waals surface area contributed by atoms with E-state index < -0.39 is 6.10 Å². The number of esters is 3. The molecule has 0 aromatic carbocycles. The predicted octanol–water partition coefficient (Wildman–Crippen LogP) is 23.8. The van der Waals surface area contributed by atoms with Crippen molar-refractivity contribution in [2.75, 3.05) is 13.2 Å². The SMILES string of the molecule is CC/C=C\C/C=C\C/C=C\C/C=C\C/C=C\C/C=C\CCCCCCCCCCCCCCCCC(=O)OCC(COC(=O)CCCCCCCCCCCCC)OC(=O)CCCCCCCC/C=C\C/C=C\C/C=C\CCCCC. The summed E-state index contributed by atoms with van der Waals surface area (Å²) in [5.41, 5.74) is 0. The first-order valence-corrected chi connectivity index (χ1v) is 34.4. The van der Waals surface area contributed by atoms with Gasteiger partial charge in [-0.05, 0) is 109 Å². The van der Waals surface area contributed by atoms with E-state index in [9.17, 15) is 14.4 Å². The van der Waals surface area contributed by atoms with Crippen LogP contribution in [0.1, 0.15) is 329 Å². The van der Waals surface area contributed by atoms with Gasteiger partial charge in [0, 0.05) is 19.3 Å². The molecule has 0 bridgehead atoms. The molecular weight excluding hydrogens is 997 g/mol. The number of allylic oxidation sites excluding steroid dienone is 18. The van der Waals surface area contributed by atoms with Crippen molar-refractivity contribution in [1.29, 1.82) is 0 Å². The Labute approximate surface area is 501 Å². The summed E-state index contributed by atoms with van der Waals surface area (Å²) < 4.78 is 16.9. The van der Waals surface area contributed by atoms with Crippen molar-refractivity contribution in [3.63, 3.8) is 0 Å². The Morgan fingerprint density at radius 2 is 0.481 bits per heavy atom. The van der Waals surface area contributed by atoms with Crippen molar-refractivity contribution in [1.82, 2.24) is 0 Å². The maximum absolute atomic E-state index is 12.9. The minimum atomic E-state index is -0.784.